The molecule has 1 aliphatic carbocycles. The molecule has 2 rings (SSSR count). The molecule has 7 heteroatoms. The van der Waals surface area contributed by atoms with Gasteiger partial charge in [-0.1, -0.05) is 0 Å². The van der Waals surface area contributed by atoms with E-state index in [4.69, 9.17) is 14.2 Å². The van der Waals surface area contributed by atoms with Gasteiger partial charge in [-0.2, -0.15) is 0 Å². The molecule has 1 aliphatic rings. The van der Waals surface area contributed by atoms with Crippen LogP contribution in [0.25, 0.3) is 0 Å². The number of methoxy groups -OCH3 is 3. The molecule has 1 aromatic carbocycles. The second kappa shape index (κ2) is 6.34. The Morgan fingerprint density at radius 1 is 1.00 bits per heavy atom. The highest BCUT2D eigenvalue weighted by atomic mass is 16.5. The van der Waals surface area contributed by atoms with Gasteiger partial charge in [-0.3, -0.25) is 9.59 Å². The predicted octanol–water partition coefficient (Wildman–Crippen LogP) is 0.929. The highest BCUT2D eigenvalue weighted by Gasteiger charge is 2.26. The van der Waals surface area contributed by atoms with Crippen molar-refractivity contribution in [2.45, 2.75) is 18.9 Å². The maximum Gasteiger partial charge on any atom is 0.313 e. The number of benzene rings is 1. The molecule has 0 atom stereocenters. The summed E-state index contributed by atoms with van der Waals surface area (Å²) in [6.45, 7) is 0. The summed E-state index contributed by atoms with van der Waals surface area (Å²) in [6.07, 6.45) is 1.84. The van der Waals surface area contributed by atoms with Gasteiger partial charge >= 0.3 is 11.8 Å². The first-order valence-corrected chi connectivity index (χ1v) is 6.51. The molecule has 7 nitrogen and oxygen atoms in total. The van der Waals surface area contributed by atoms with E-state index in [1.54, 1.807) is 12.1 Å². The van der Waals surface area contributed by atoms with Crippen molar-refractivity contribution in [1.29, 1.82) is 0 Å². The van der Waals surface area contributed by atoms with Gasteiger partial charge in [0.2, 0.25) is 5.75 Å². The van der Waals surface area contributed by atoms with Crippen molar-refractivity contribution >= 4 is 17.5 Å². The zero-order chi connectivity index (χ0) is 15.4. The Morgan fingerprint density at radius 3 is 2.00 bits per heavy atom. The van der Waals surface area contributed by atoms with Crippen molar-refractivity contribution < 1.29 is 23.8 Å². The van der Waals surface area contributed by atoms with Gasteiger partial charge in [-0.15, -0.1) is 0 Å². The maximum absolute atomic E-state index is 11.8. The monoisotopic (exact) mass is 294 g/mol. The Labute approximate surface area is 122 Å². The first kappa shape index (κ1) is 15.0. The molecular formula is C14H18N2O5. The number of rotatable bonds is 5. The Hall–Kier alpha value is -2.44. The minimum atomic E-state index is -0.726. The van der Waals surface area contributed by atoms with Crippen molar-refractivity contribution in [2.24, 2.45) is 0 Å². The van der Waals surface area contributed by atoms with Crippen LogP contribution in [0.5, 0.6) is 17.2 Å². The third kappa shape index (κ3) is 3.56. The first-order chi connectivity index (χ1) is 10.1. The van der Waals surface area contributed by atoms with Crippen molar-refractivity contribution in [3.8, 4) is 17.2 Å². The van der Waals surface area contributed by atoms with Crippen LogP contribution in [0, 0.1) is 0 Å². The highest BCUT2D eigenvalue weighted by Crippen LogP contribution is 2.39. The Kier molecular flexibility index (Phi) is 4.52. The van der Waals surface area contributed by atoms with Crippen LogP contribution >= 0.6 is 0 Å². The largest absolute Gasteiger partial charge is 0.493 e. The topological polar surface area (TPSA) is 85.9 Å². The van der Waals surface area contributed by atoms with Crippen molar-refractivity contribution in [1.82, 2.24) is 5.32 Å². The molecule has 114 valence electrons. The van der Waals surface area contributed by atoms with Crippen LogP contribution in [0.4, 0.5) is 5.69 Å². The highest BCUT2D eigenvalue weighted by molar-refractivity contribution is 6.39. The Balaban J connectivity index is 2.15. The Morgan fingerprint density at radius 2 is 1.57 bits per heavy atom. The number of nitrogens with one attached hydrogen (secondary N) is 2. The summed E-state index contributed by atoms with van der Waals surface area (Å²) in [7, 11) is 4.44. The summed E-state index contributed by atoms with van der Waals surface area (Å²) in [6, 6.07) is 3.25. The molecule has 1 fully saturated rings. The molecule has 0 aliphatic heterocycles. The fraction of sp³-hybridized carbons (Fsp3) is 0.429. The summed E-state index contributed by atoms with van der Waals surface area (Å²) < 4.78 is 15.5. The van der Waals surface area contributed by atoms with Gasteiger partial charge in [-0.05, 0) is 12.8 Å². The molecule has 0 bridgehead atoms. The zero-order valence-corrected chi connectivity index (χ0v) is 12.2. The molecule has 1 saturated carbocycles. The number of carbonyl (C=O) groups excluding carboxylic acids is 2. The molecule has 0 saturated heterocycles. The molecule has 0 heterocycles. The number of amides is 2. The van der Waals surface area contributed by atoms with Crippen LogP contribution in [0.1, 0.15) is 12.8 Å². The van der Waals surface area contributed by atoms with E-state index in [1.807, 2.05) is 0 Å². The van der Waals surface area contributed by atoms with Crippen molar-refractivity contribution in [2.75, 3.05) is 26.6 Å². The SMILES string of the molecule is COc1cc(NC(=O)C(=O)NC2CC2)cc(OC)c1OC. The van der Waals surface area contributed by atoms with Gasteiger partial charge in [0.05, 0.1) is 21.3 Å². The van der Waals surface area contributed by atoms with Gasteiger partial charge in [-0.25, -0.2) is 0 Å². The van der Waals surface area contributed by atoms with Crippen LogP contribution in [-0.4, -0.2) is 39.2 Å². The van der Waals surface area contributed by atoms with Gasteiger partial charge < -0.3 is 24.8 Å². The van der Waals surface area contributed by atoms with E-state index in [0.29, 0.717) is 22.9 Å². The molecule has 0 aromatic heterocycles. The van der Waals surface area contributed by atoms with Crippen molar-refractivity contribution in [3.63, 3.8) is 0 Å². The second-order valence-corrected chi connectivity index (χ2v) is 4.62. The number of hydrogen-bond donors (Lipinski definition) is 2. The van der Waals surface area contributed by atoms with E-state index < -0.39 is 11.8 Å². The lowest BCUT2D eigenvalue weighted by molar-refractivity contribution is -0.136. The minimum absolute atomic E-state index is 0.128. The molecule has 0 unspecified atom stereocenters. The van der Waals surface area contributed by atoms with Crippen LogP contribution in [0.2, 0.25) is 0 Å². The fourth-order valence-electron chi connectivity index (χ4n) is 1.82. The van der Waals surface area contributed by atoms with E-state index >= 15 is 0 Å². The van der Waals surface area contributed by atoms with E-state index in [-0.39, 0.29) is 6.04 Å². The quantitative estimate of drug-likeness (QED) is 0.789. The summed E-state index contributed by atoms with van der Waals surface area (Å²) in [5.41, 5.74) is 0.389. The van der Waals surface area contributed by atoms with Crippen LogP contribution in [0.15, 0.2) is 12.1 Å². The van der Waals surface area contributed by atoms with E-state index in [2.05, 4.69) is 10.6 Å². The van der Waals surface area contributed by atoms with E-state index in [9.17, 15) is 9.59 Å². The third-order valence-corrected chi connectivity index (χ3v) is 3.04. The van der Waals surface area contributed by atoms with Gasteiger partial charge in [0.1, 0.15) is 0 Å². The molecule has 0 radical (unpaired) electrons. The summed E-state index contributed by atoms with van der Waals surface area (Å²) in [5.74, 6) is -0.160. The van der Waals surface area contributed by atoms with E-state index in [1.165, 1.54) is 21.3 Å². The van der Waals surface area contributed by atoms with Crippen LogP contribution in [-0.2, 0) is 9.59 Å². The lowest BCUT2D eigenvalue weighted by Gasteiger charge is -2.14. The van der Waals surface area contributed by atoms with Gasteiger partial charge in [0.25, 0.3) is 0 Å². The first-order valence-electron chi connectivity index (χ1n) is 6.51. The number of ether oxygens (including phenoxy) is 3. The van der Waals surface area contributed by atoms with E-state index in [0.717, 1.165) is 12.8 Å². The summed E-state index contributed by atoms with van der Waals surface area (Å²) in [5, 5.41) is 5.12. The Bertz CT molecular complexity index is 529. The number of hydrogen-bond acceptors (Lipinski definition) is 5. The summed E-state index contributed by atoms with van der Waals surface area (Å²) in [4.78, 5) is 23.4. The third-order valence-electron chi connectivity index (χ3n) is 3.04. The maximum atomic E-state index is 11.8. The number of carbonyl (C=O) groups is 2. The average Bonchev–Trinajstić information content (AvgIpc) is 3.29. The van der Waals surface area contributed by atoms with Gasteiger partial charge in [0, 0.05) is 23.9 Å². The molecule has 2 N–H and O–H groups in total. The smallest absolute Gasteiger partial charge is 0.313 e. The molecule has 2 amide bonds. The average molecular weight is 294 g/mol. The molecular weight excluding hydrogens is 276 g/mol. The minimum Gasteiger partial charge on any atom is -0.493 e. The van der Waals surface area contributed by atoms with Crippen LogP contribution < -0.4 is 24.8 Å². The normalized spacial score (nSPS) is 13.3. The lowest BCUT2D eigenvalue weighted by Crippen LogP contribution is -2.36. The zero-order valence-electron chi connectivity index (χ0n) is 12.2. The molecule has 0 spiro atoms. The predicted molar refractivity (Wildman–Crippen MR) is 75.9 cm³/mol. The van der Waals surface area contributed by atoms with Crippen LogP contribution in [0.3, 0.4) is 0 Å². The van der Waals surface area contributed by atoms with Gasteiger partial charge in [0.15, 0.2) is 11.5 Å². The second-order valence-electron chi connectivity index (χ2n) is 4.62. The standard InChI is InChI=1S/C14H18N2O5/c1-19-10-6-9(7-11(20-2)12(10)21-3)16-14(18)13(17)15-8-4-5-8/h6-8H,4-5H2,1-3H3,(H,15,17)(H,16,18). The summed E-state index contributed by atoms with van der Waals surface area (Å²) >= 11 is 0. The molecule has 21 heavy (non-hydrogen) atoms. The number of anilines is 1. The molecule has 1 aromatic rings. The fourth-order valence-corrected chi connectivity index (χ4v) is 1.82. The lowest BCUT2D eigenvalue weighted by atomic mass is 10.2. The van der Waals surface area contributed by atoms with Crippen molar-refractivity contribution in [3.05, 3.63) is 12.1 Å².